The molecule has 2 unspecified atom stereocenters. The van der Waals surface area contributed by atoms with Crippen LogP contribution in [0.4, 0.5) is 4.79 Å². The molecule has 0 aromatic rings. The fraction of sp³-hybridized carbons (Fsp3) is 0.941. The molecule has 21 heavy (non-hydrogen) atoms. The van der Waals surface area contributed by atoms with Crippen LogP contribution in [0, 0.1) is 11.8 Å². The first-order chi connectivity index (χ1) is 10.1. The van der Waals surface area contributed by atoms with Crippen molar-refractivity contribution in [2.75, 3.05) is 13.2 Å². The Kier molecular flexibility index (Phi) is 13.6. The average molecular weight is 380 g/mol. The molecule has 0 saturated carbocycles. The number of unbranched alkanes of at least 4 members (excludes halogenated alkanes) is 2. The van der Waals surface area contributed by atoms with Crippen LogP contribution in [0.5, 0.6) is 0 Å². The summed E-state index contributed by atoms with van der Waals surface area (Å²) in [5, 5.41) is 0. The molecule has 0 aliphatic rings. The van der Waals surface area contributed by atoms with E-state index in [9.17, 15) is 4.79 Å². The van der Waals surface area contributed by atoms with E-state index in [-0.39, 0.29) is 6.09 Å². The zero-order valence-corrected chi connectivity index (χ0v) is 16.4. The van der Waals surface area contributed by atoms with Gasteiger partial charge in [0.05, 0.1) is 0 Å². The number of carbonyl (C=O) groups excluding carboxylic acids is 1. The van der Waals surface area contributed by atoms with Gasteiger partial charge in [0.15, 0.2) is 0 Å². The van der Waals surface area contributed by atoms with Crippen molar-refractivity contribution in [3.8, 4) is 0 Å². The predicted molar refractivity (Wildman–Crippen MR) is 84.7 cm³/mol. The number of rotatable bonds is 12. The van der Waals surface area contributed by atoms with E-state index in [0.29, 0.717) is 18.4 Å². The molecule has 0 saturated heterocycles. The average Bonchev–Trinajstić information content (AvgIpc) is 2.50. The minimum atomic E-state index is -0.148. The van der Waals surface area contributed by atoms with Gasteiger partial charge in [0.25, 0.3) is 0 Å². The van der Waals surface area contributed by atoms with Crippen LogP contribution in [-0.4, -0.2) is 22.7 Å². The quantitative estimate of drug-likeness (QED) is 0.429. The molecule has 125 valence electrons. The van der Waals surface area contributed by atoms with Crippen molar-refractivity contribution in [3.05, 3.63) is 0 Å². The van der Waals surface area contributed by atoms with Crippen molar-refractivity contribution in [1.29, 1.82) is 0 Å². The molecule has 0 radical (unpaired) electrons. The minimum absolute atomic E-state index is 0.148. The summed E-state index contributed by atoms with van der Waals surface area (Å²) in [6.45, 7) is 10.2. The van der Waals surface area contributed by atoms with Gasteiger partial charge in [-0.25, -0.2) is 0 Å². The molecule has 0 aromatic carbocycles. The number of hydrogen-bond donors (Lipinski definition) is 0. The Morgan fingerprint density at radius 1 is 1.00 bits per heavy atom. The van der Waals surface area contributed by atoms with Gasteiger partial charge in [-0.1, -0.05) is 0 Å². The van der Waals surface area contributed by atoms with Gasteiger partial charge < -0.3 is 0 Å². The van der Waals surface area contributed by atoms with Crippen LogP contribution < -0.4 is 0 Å². The van der Waals surface area contributed by atoms with Gasteiger partial charge in [0.2, 0.25) is 0 Å². The first-order valence-electron chi connectivity index (χ1n) is 8.70. The van der Waals surface area contributed by atoms with Crippen molar-refractivity contribution in [2.24, 2.45) is 11.8 Å². The summed E-state index contributed by atoms with van der Waals surface area (Å²) >= 11 is 1.79. The molecule has 4 heteroatoms. The second-order valence-corrected chi connectivity index (χ2v) is 7.05. The van der Waals surface area contributed by atoms with Crippen LogP contribution in [0.2, 0.25) is 0 Å². The van der Waals surface area contributed by atoms with E-state index in [1.807, 2.05) is 0 Å². The van der Waals surface area contributed by atoms with E-state index in [0.717, 1.165) is 19.4 Å². The van der Waals surface area contributed by atoms with E-state index >= 15 is 0 Å². The molecule has 0 heterocycles. The molecule has 1 amide bonds. The molecule has 0 aliphatic heterocycles. The van der Waals surface area contributed by atoms with Crippen LogP contribution in [-0.2, 0) is 24.8 Å². The van der Waals surface area contributed by atoms with Gasteiger partial charge in [0.1, 0.15) is 0 Å². The van der Waals surface area contributed by atoms with E-state index in [1.54, 1.807) is 23.5 Å². The Balaban J connectivity index is 4.06. The summed E-state index contributed by atoms with van der Waals surface area (Å²) in [7, 11) is 0. The molecule has 3 nitrogen and oxygen atoms in total. The molecule has 0 aliphatic carbocycles. The van der Waals surface area contributed by atoms with Gasteiger partial charge >= 0.3 is 143 Å². The molecular weight excluding hydrogens is 346 g/mol. The first kappa shape index (κ1) is 21.0. The maximum absolute atomic E-state index is 12.1. The number of carbonyl (C=O) groups is 1. The molecule has 0 spiro atoms. The van der Waals surface area contributed by atoms with Crippen molar-refractivity contribution in [1.82, 2.24) is 3.46 Å². The first-order valence-corrected chi connectivity index (χ1v) is 9.59. The van der Waals surface area contributed by atoms with Gasteiger partial charge in [-0.15, -0.1) is 0 Å². The number of amides is 1. The summed E-state index contributed by atoms with van der Waals surface area (Å²) < 4.78 is 7.26. The van der Waals surface area contributed by atoms with Crippen LogP contribution >= 0.6 is 0 Å². The zero-order valence-electron chi connectivity index (χ0n) is 14.4. The van der Waals surface area contributed by atoms with Crippen LogP contribution in [0.3, 0.4) is 0 Å². The van der Waals surface area contributed by atoms with Gasteiger partial charge in [-0.3, -0.25) is 0 Å². The van der Waals surface area contributed by atoms with Crippen LogP contribution in [0.1, 0.15) is 79.1 Å². The third-order valence-electron chi connectivity index (χ3n) is 4.16. The van der Waals surface area contributed by atoms with Crippen molar-refractivity contribution in [3.63, 3.8) is 0 Å². The molecule has 0 rings (SSSR count). The van der Waals surface area contributed by atoms with Crippen molar-refractivity contribution >= 4 is 6.09 Å². The second kappa shape index (κ2) is 13.6. The summed E-state index contributed by atoms with van der Waals surface area (Å²) in [6.07, 6.45) is 9.35. The topological polar surface area (TPSA) is 29.5 Å². The number of ether oxygens (including phenoxy) is 1. The maximum atomic E-state index is 12.1. The van der Waals surface area contributed by atoms with Gasteiger partial charge in [-0.2, -0.15) is 0 Å². The van der Waals surface area contributed by atoms with Crippen LogP contribution in [0.25, 0.3) is 0 Å². The Hall–Kier alpha value is -0.0417. The summed E-state index contributed by atoms with van der Waals surface area (Å²) in [5.41, 5.74) is 0. The third-order valence-corrected chi connectivity index (χ3v) is 4.89. The van der Waals surface area contributed by atoms with Gasteiger partial charge in [-0.05, 0) is 0 Å². The van der Waals surface area contributed by atoms with Crippen LogP contribution in [0.15, 0.2) is 0 Å². The normalized spacial score (nSPS) is 13.7. The van der Waals surface area contributed by atoms with Gasteiger partial charge in [0, 0.05) is 0 Å². The van der Waals surface area contributed by atoms with E-state index in [1.165, 1.54) is 38.5 Å². The summed E-state index contributed by atoms with van der Waals surface area (Å²) in [5.74, 6) is 1.12. The molecule has 0 aromatic heterocycles. The van der Waals surface area contributed by atoms with E-state index in [4.69, 9.17) is 4.74 Å². The molecular formula is C17H34MoNO2. The predicted octanol–water partition coefficient (Wildman–Crippen LogP) is 5.32. The van der Waals surface area contributed by atoms with Crippen molar-refractivity contribution < 1.29 is 29.6 Å². The Morgan fingerprint density at radius 3 is 2.00 bits per heavy atom. The SMILES string of the molecule is CCCCC(CC)COC(=O)[N]([Mo])CC(CC)CCCC. The molecule has 0 bridgehead atoms. The Labute approximate surface area is 143 Å². The Morgan fingerprint density at radius 2 is 1.52 bits per heavy atom. The standard InChI is InChI=1S/C17H35NO2.Mo/c1-5-9-11-15(7-3)13-18-17(19)20-14-16(8-4)12-10-6-2;/h15-16H,5-14H2,1-4H3,(H,18,19);/q;+1/p-1. The number of nitrogens with zero attached hydrogens (tertiary/aromatic N) is 1. The molecule has 0 N–H and O–H groups in total. The van der Waals surface area contributed by atoms with E-state index in [2.05, 4.69) is 27.7 Å². The molecule has 2 atom stereocenters. The Bertz CT molecular complexity index is 261. The monoisotopic (exact) mass is 382 g/mol. The van der Waals surface area contributed by atoms with E-state index < -0.39 is 0 Å². The second-order valence-electron chi connectivity index (χ2n) is 5.97. The number of hydrogen-bond acceptors (Lipinski definition) is 2. The molecule has 0 fully saturated rings. The zero-order chi connectivity index (χ0) is 16.1. The van der Waals surface area contributed by atoms with Crippen molar-refractivity contribution in [2.45, 2.75) is 79.1 Å². The fourth-order valence-electron chi connectivity index (χ4n) is 2.39. The fourth-order valence-corrected chi connectivity index (χ4v) is 3.03. The summed E-state index contributed by atoms with van der Waals surface area (Å²) in [4.78, 5) is 12.1. The third kappa shape index (κ3) is 10.3. The summed E-state index contributed by atoms with van der Waals surface area (Å²) in [6, 6.07) is 0.